The number of ether oxygens (including phenoxy) is 2. The van der Waals surface area contributed by atoms with Gasteiger partial charge >= 0.3 is 5.97 Å². The van der Waals surface area contributed by atoms with E-state index in [0.717, 1.165) is 29.5 Å². The number of benzene rings is 3. The first kappa shape index (κ1) is 24.8. The number of aliphatic carboxylic acids is 1. The van der Waals surface area contributed by atoms with E-state index >= 15 is 0 Å². The zero-order valence-corrected chi connectivity index (χ0v) is 20.6. The second-order valence-corrected chi connectivity index (χ2v) is 10.7. The molecule has 3 aromatic carbocycles. The molecule has 0 aromatic heterocycles. The van der Waals surface area contributed by atoms with E-state index in [1.54, 1.807) is 44.6 Å². The minimum absolute atomic E-state index is 0.125. The molecule has 0 unspecified atom stereocenters. The van der Waals surface area contributed by atoms with Gasteiger partial charge < -0.3 is 14.6 Å². The van der Waals surface area contributed by atoms with Crippen molar-refractivity contribution in [1.29, 1.82) is 0 Å². The topological polar surface area (TPSA) is 93.1 Å². The zero-order chi connectivity index (χ0) is 25.0. The van der Waals surface area contributed by atoms with Crippen molar-refractivity contribution in [2.45, 2.75) is 43.2 Å². The van der Waals surface area contributed by atoms with Gasteiger partial charge in [0, 0.05) is 13.1 Å². The Morgan fingerprint density at radius 3 is 1.80 bits per heavy atom. The summed E-state index contributed by atoms with van der Waals surface area (Å²) in [5.41, 5.74) is 3.00. The predicted octanol–water partition coefficient (Wildman–Crippen LogP) is 4.60. The number of methoxy groups -OCH3 is 2. The number of nitrogens with zero attached hydrogens (tertiary/aromatic N) is 1. The number of carboxylic acid groups (broad SMARTS) is 1. The fourth-order valence-corrected chi connectivity index (χ4v) is 5.53. The molecule has 1 fully saturated rings. The molecule has 0 bridgehead atoms. The zero-order valence-electron chi connectivity index (χ0n) is 19.8. The van der Waals surface area contributed by atoms with Crippen molar-refractivity contribution in [2.24, 2.45) is 0 Å². The lowest BCUT2D eigenvalue weighted by Crippen LogP contribution is -2.30. The summed E-state index contributed by atoms with van der Waals surface area (Å²) in [6.07, 6.45) is 1.74. The largest absolute Gasteiger partial charge is 0.497 e. The van der Waals surface area contributed by atoms with Gasteiger partial charge in [-0.15, -0.1) is 0 Å². The standard InChI is InChI=1S/C27H29NO6S/c1-33-24-9-3-19(4-10-24)17-28(18-20-5-11-25(34-2)12-6-20)35(31,32)26-14-21(15-27(29)30)13-23(16-26)22-7-8-22/h3-6,9-14,16,22H,7-8,15,17-18H2,1-2H3,(H,29,30). The summed E-state index contributed by atoms with van der Waals surface area (Å²) in [5.74, 6) is 0.673. The van der Waals surface area contributed by atoms with Gasteiger partial charge in [0.15, 0.2) is 0 Å². The van der Waals surface area contributed by atoms with Crippen LogP contribution in [0.25, 0.3) is 0 Å². The van der Waals surface area contributed by atoms with Crippen molar-refractivity contribution < 1.29 is 27.8 Å². The average molecular weight is 496 g/mol. The molecule has 184 valence electrons. The fourth-order valence-electron chi connectivity index (χ4n) is 4.01. The molecular formula is C27H29NO6S. The maximum absolute atomic E-state index is 13.9. The van der Waals surface area contributed by atoms with E-state index in [4.69, 9.17) is 9.47 Å². The van der Waals surface area contributed by atoms with Gasteiger partial charge in [0.25, 0.3) is 0 Å². The lowest BCUT2D eigenvalue weighted by atomic mass is 10.1. The van der Waals surface area contributed by atoms with E-state index in [1.165, 1.54) is 10.4 Å². The average Bonchev–Trinajstić information content (AvgIpc) is 3.69. The highest BCUT2D eigenvalue weighted by atomic mass is 32.2. The summed E-state index contributed by atoms with van der Waals surface area (Å²) in [6.45, 7) is 0.306. The molecule has 7 nitrogen and oxygen atoms in total. The molecule has 0 amide bonds. The Balaban J connectivity index is 1.72. The fraction of sp³-hybridized carbons (Fsp3) is 0.296. The number of carboxylic acids is 1. The third-order valence-corrected chi connectivity index (χ3v) is 7.84. The summed E-state index contributed by atoms with van der Waals surface area (Å²) >= 11 is 0. The van der Waals surface area contributed by atoms with Crippen molar-refractivity contribution >= 4 is 16.0 Å². The molecule has 35 heavy (non-hydrogen) atoms. The summed E-state index contributed by atoms with van der Waals surface area (Å²) < 4.78 is 39.8. The second kappa shape index (κ2) is 10.5. The molecule has 0 radical (unpaired) electrons. The van der Waals surface area contributed by atoms with Crippen LogP contribution in [0.3, 0.4) is 0 Å². The Morgan fingerprint density at radius 1 is 0.857 bits per heavy atom. The van der Waals surface area contributed by atoms with Gasteiger partial charge in [-0.2, -0.15) is 4.31 Å². The van der Waals surface area contributed by atoms with Crippen molar-refractivity contribution in [2.75, 3.05) is 14.2 Å². The van der Waals surface area contributed by atoms with Gasteiger partial charge in [-0.05, 0) is 77.4 Å². The highest BCUT2D eigenvalue weighted by molar-refractivity contribution is 7.89. The molecule has 0 aliphatic heterocycles. The third-order valence-electron chi connectivity index (χ3n) is 6.07. The van der Waals surface area contributed by atoms with Crippen LogP contribution in [0, 0.1) is 0 Å². The number of sulfonamides is 1. The van der Waals surface area contributed by atoms with Gasteiger partial charge in [0.05, 0.1) is 25.5 Å². The van der Waals surface area contributed by atoms with Crippen LogP contribution in [0.4, 0.5) is 0 Å². The number of carbonyl (C=O) groups is 1. The molecule has 1 aliphatic carbocycles. The van der Waals surface area contributed by atoms with Crippen molar-refractivity contribution in [3.05, 3.63) is 89.0 Å². The Bertz CT molecular complexity index is 1230. The summed E-state index contributed by atoms with van der Waals surface area (Å²) in [6, 6.07) is 19.6. The third kappa shape index (κ3) is 6.21. The van der Waals surface area contributed by atoms with E-state index < -0.39 is 16.0 Å². The van der Waals surface area contributed by atoms with E-state index in [9.17, 15) is 18.3 Å². The quantitative estimate of drug-likeness (QED) is 0.418. The highest BCUT2D eigenvalue weighted by Gasteiger charge is 2.30. The minimum Gasteiger partial charge on any atom is -0.497 e. The van der Waals surface area contributed by atoms with Crippen LogP contribution < -0.4 is 9.47 Å². The summed E-state index contributed by atoms with van der Waals surface area (Å²) in [4.78, 5) is 11.5. The van der Waals surface area contributed by atoms with Crippen molar-refractivity contribution in [3.8, 4) is 11.5 Å². The molecule has 0 heterocycles. The Kier molecular flexibility index (Phi) is 7.42. The Labute approximate surface area is 206 Å². The first-order chi connectivity index (χ1) is 16.8. The molecule has 0 atom stereocenters. The molecule has 3 aromatic rings. The predicted molar refractivity (Wildman–Crippen MR) is 132 cm³/mol. The van der Waals surface area contributed by atoms with Gasteiger partial charge in [-0.1, -0.05) is 30.3 Å². The molecule has 0 spiro atoms. The van der Waals surface area contributed by atoms with Gasteiger partial charge in [-0.25, -0.2) is 8.42 Å². The SMILES string of the molecule is COc1ccc(CN(Cc2ccc(OC)cc2)S(=O)(=O)c2cc(CC(=O)O)cc(C3CC3)c2)cc1. The Morgan fingerprint density at radius 2 is 1.37 bits per heavy atom. The molecule has 8 heteroatoms. The van der Waals surface area contributed by atoms with Crippen LogP contribution >= 0.6 is 0 Å². The Hall–Kier alpha value is -3.36. The molecule has 4 rings (SSSR count). The van der Waals surface area contributed by atoms with Crippen molar-refractivity contribution in [3.63, 3.8) is 0 Å². The van der Waals surface area contributed by atoms with Crippen LogP contribution in [0.1, 0.15) is 41.0 Å². The monoisotopic (exact) mass is 495 g/mol. The summed E-state index contributed by atoms with van der Waals surface area (Å²) in [7, 11) is -0.777. The molecular weight excluding hydrogens is 466 g/mol. The number of hydrogen-bond acceptors (Lipinski definition) is 5. The molecule has 0 saturated heterocycles. The minimum atomic E-state index is -3.94. The summed E-state index contributed by atoms with van der Waals surface area (Å²) in [5, 5.41) is 9.31. The van der Waals surface area contributed by atoms with Gasteiger partial charge in [-0.3, -0.25) is 4.79 Å². The maximum Gasteiger partial charge on any atom is 0.307 e. The van der Waals surface area contributed by atoms with Gasteiger partial charge in [0.1, 0.15) is 11.5 Å². The van der Waals surface area contributed by atoms with Crippen molar-refractivity contribution in [1.82, 2.24) is 4.31 Å². The smallest absolute Gasteiger partial charge is 0.307 e. The number of hydrogen-bond donors (Lipinski definition) is 1. The van der Waals surface area contributed by atoms with Crippen LogP contribution in [0.15, 0.2) is 71.6 Å². The maximum atomic E-state index is 13.9. The number of rotatable bonds is 11. The van der Waals surface area contributed by atoms with Crippen LogP contribution in [-0.4, -0.2) is 38.0 Å². The normalized spacial score (nSPS) is 13.6. The second-order valence-electron chi connectivity index (χ2n) is 8.72. The first-order valence-corrected chi connectivity index (χ1v) is 12.8. The van der Waals surface area contributed by atoms with Crippen LogP contribution in [-0.2, 0) is 34.3 Å². The van der Waals surface area contributed by atoms with Crippen LogP contribution in [0.5, 0.6) is 11.5 Å². The molecule has 1 aliphatic rings. The molecule has 1 saturated carbocycles. The lowest BCUT2D eigenvalue weighted by molar-refractivity contribution is -0.136. The first-order valence-electron chi connectivity index (χ1n) is 11.4. The van der Waals surface area contributed by atoms with E-state index in [0.29, 0.717) is 17.1 Å². The molecule has 1 N–H and O–H groups in total. The lowest BCUT2D eigenvalue weighted by Gasteiger charge is -2.23. The highest BCUT2D eigenvalue weighted by Crippen LogP contribution is 2.41. The van der Waals surface area contributed by atoms with E-state index in [1.807, 2.05) is 30.3 Å². The van der Waals surface area contributed by atoms with E-state index in [2.05, 4.69) is 0 Å². The van der Waals surface area contributed by atoms with Gasteiger partial charge in [0.2, 0.25) is 10.0 Å². The van der Waals surface area contributed by atoms with E-state index in [-0.39, 0.29) is 30.3 Å². The van der Waals surface area contributed by atoms with Crippen LogP contribution in [0.2, 0.25) is 0 Å².